The molecule has 1 saturated carbocycles. The Kier molecular flexibility index (Phi) is 4.64. The number of nitrogens with one attached hydrogen (secondary N) is 1. The van der Waals surface area contributed by atoms with Gasteiger partial charge in [-0.1, -0.05) is 19.8 Å². The van der Waals surface area contributed by atoms with Crippen LogP contribution in [0, 0.1) is 0 Å². The Morgan fingerprint density at radius 1 is 1.44 bits per heavy atom. The van der Waals surface area contributed by atoms with Crippen LogP contribution in [-0.2, 0) is 6.42 Å². The Balaban J connectivity index is 2.17. The van der Waals surface area contributed by atoms with Crippen LogP contribution in [0.5, 0.6) is 0 Å². The van der Waals surface area contributed by atoms with Gasteiger partial charge >= 0.3 is 0 Å². The minimum atomic E-state index is 0.671. The van der Waals surface area contributed by atoms with E-state index in [4.69, 9.17) is 4.98 Å². The molecule has 0 aliphatic heterocycles. The normalized spacial score (nSPS) is 16.4. The first-order chi connectivity index (χ1) is 8.76. The largest absolute Gasteiger partial charge is 0.344 e. The Bertz CT molecular complexity index is 366. The minimum Gasteiger partial charge on any atom is -0.344 e. The molecule has 1 heterocycles. The van der Waals surface area contributed by atoms with Gasteiger partial charge < -0.3 is 14.8 Å². The SMILES string of the molecule is CCc1cn(C2CCCC2)c(N(C)CCNC)n1. The molecule has 0 radical (unpaired) electrons. The molecule has 0 aromatic carbocycles. The van der Waals surface area contributed by atoms with E-state index in [0.29, 0.717) is 6.04 Å². The second kappa shape index (κ2) is 6.23. The van der Waals surface area contributed by atoms with E-state index < -0.39 is 0 Å². The van der Waals surface area contributed by atoms with Crippen molar-refractivity contribution in [1.29, 1.82) is 0 Å². The number of aryl methyl sites for hydroxylation is 1. The van der Waals surface area contributed by atoms with Gasteiger partial charge in [0.15, 0.2) is 0 Å². The van der Waals surface area contributed by atoms with Crippen LogP contribution in [0.1, 0.15) is 44.3 Å². The van der Waals surface area contributed by atoms with Crippen molar-refractivity contribution < 1.29 is 0 Å². The van der Waals surface area contributed by atoms with Gasteiger partial charge in [-0.15, -0.1) is 0 Å². The number of aromatic nitrogens is 2. The summed E-state index contributed by atoms with van der Waals surface area (Å²) in [6.45, 7) is 4.18. The number of rotatable bonds is 6. The fourth-order valence-corrected chi connectivity index (χ4v) is 2.72. The fraction of sp³-hybridized carbons (Fsp3) is 0.786. The number of imidazole rings is 1. The van der Waals surface area contributed by atoms with Crippen molar-refractivity contribution in [2.75, 3.05) is 32.1 Å². The summed E-state index contributed by atoms with van der Waals surface area (Å²) in [4.78, 5) is 7.06. The molecular weight excluding hydrogens is 224 g/mol. The quantitative estimate of drug-likeness (QED) is 0.840. The molecule has 2 rings (SSSR count). The number of likely N-dealkylation sites (N-methyl/N-ethyl adjacent to an activating group) is 2. The van der Waals surface area contributed by atoms with Crippen LogP contribution < -0.4 is 10.2 Å². The molecule has 0 atom stereocenters. The molecule has 4 heteroatoms. The van der Waals surface area contributed by atoms with Crippen molar-refractivity contribution in [2.24, 2.45) is 0 Å². The maximum Gasteiger partial charge on any atom is 0.205 e. The Hall–Kier alpha value is -1.03. The molecule has 1 N–H and O–H groups in total. The Morgan fingerprint density at radius 3 is 2.78 bits per heavy atom. The van der Waals surface area contributed by atoms with Gasteiger partial charge in [0, 0.05) is 32.4 Å². The van der Waals surface area contributed by atoms with E-state index >= 15 is 0 Å². The van der Waals surface area contributed by atoms with Gasteiger partial charge in [-0.25, -0.2) is 4.98 Å². The average Bonchev–Trinajstić information content (AvgIpc) is 3.03. The molecule has 0 spiro atoms. The maximum absolute atomic E-state index is 4.79. The van der Waals surface area contributed by atoms with E-state index in [0.717, 1.165) is 25.5 Å². The molecule has 18 heavy (non-hydrogen) atoms. The number of hydrogen-bond donors (Lipinski definition) is 1. The molecule has 0 unspecified atom stereocenters. The molecule has 4 nitrogen and oxygen atoms in total. The smallest absolute Gasteiger partial charge is 0.205 e. The van der Waals surface area contributed by atoms with Crippen LogP contribution in [0.25, 0.3) is 0 Å². The first-order valence-electron chi connectivity index (χ1n) is 7.19. The summed E-state index contributed by atoms with van der Waals surface area (Å²) in [6, 6.07) is 0.671. The Labute approximate surface area is 110 Å². The van der Waals surface area contributed by atoms with Crippen molar-refractivity contribution in [3.8, 4) is 0 Å². The predicted molar refractivity (Wildman–Crippen MR) is 76.3 cm³/mol. The zero-order valence-corrected chi connectivity index (χ0v) is 11.9. The monoisotopic (exact) mass is 250 g/mol. The highest BCUT2D eigenvalue weighted by atomic mass is 15.3. The lowest BCUT2D eigenvalue weighted by molar-refractivity contribution is 0.514. The van der Waals surface area contributed by atoms with Crippen molar-refractivity contribution in [2.45, 2.75) is 45.1 Å². The van der Waals surface area contributed by atoms with E-state index in [1.807, 2.05) is 7.05 Å². The molecule has 1 aromatic heterocycles. The molecule has 0 bridgehead atoms. The standard InChI is InChI=1S/C14H26N4/c1-4-12-11-18(13-7-5-6-8-13)14(16-12)17(3)10-9-15-2/h11,13,15H,4-10H2,1-3H3. The third-order valence-corrected chi connectivity index (χ3v) is 3.88. The first-order valence-corrected chi connectivity index (χ1v) is 7.19. The molecule has 1 aromatic rings. The molecule has 0 saturated heterocycles. The van der Waals surface area contributed by atoms with Crippen LogP contribution in [0.15, 0.2) is 6.20 Å². The lowest BCUT2D eigenvalue weighted by atomic mass is 10.2. The zero-order chi connectivity index (χ0) is 13.0. The fourth-order valence-electron chi connectivity index (χ4n) is 2.72. The van der Waals surface area contributed by atoms with Gasteiger partial charge in [-0.3, -0.25) is 0 Å². The predicted octanol–water partition coefficient (Wildman–Crippen LogP) is 2.22. The van der Waals surface area contributed by atoms with Crippen molar-refractivity contribution in [3.05, 3.63) is 11.9 Å². The van der Waals surface area contributed by atoms with Crippen molar-refractivity contribution in [3.63, 3.8) is 0 Å². The summed E-state index contributed by atoms with van der Waals surface area (Å²) in [5.74, 6) is 1.15. The average molecular weight is 250 g/mol. The van der Waals surface area contributed by atoms with E-state index in [1.54, 1.807) is 0 Å². The van der Waals surface area contributed by atoms with Gasteiger partial charge in [-0.2, -0.15) is 0 Å². The highest BCUT2D eigenvalue weighted by Crippen LogP contribution is 2.33. The Morgan fingerprint density at radius 2 is 2.17 bits per heavy atom. The highest BCUT2D eigenvalue weighted by molar-refractivity contribution is 5.33. The third kappa shape index (κ3) is 2.86. The summed E-state index contributed by atoms with van der Waals surface area (Å²) in [7, 11) is 4.14. The van der Waals surface area contributed by atoms with E-state index in [-0.39, 0.29) is 0 Å². The minimum absolute atomic E-state index is 0.671. The van der Waals surface area contributed by atoms with Crippen LogP contribution in [0.4, 0.5) is 5.95 Å². The van der Waals surface area contributed by atoms with E-state index in [1.165, 1.54) is 31.4 Å². The third-order valence-electron chi connectivity index (χ3n) is 3.88. The number of anilines is 1. The van der Waals surface area contributed by atoms with Gasteiger partial charge in [0.05, 0.1) is 5.69 Å². The molecule has 1 aliphatic carbocycles. The summed E-state index contributed by atoms with van der Waals surface area (Å²) >= 11 is 0. The van der Waals surface area contributed by atoms with Crippen LogP contribution in [0.3, 0.4) is 0 Å². The van der Waals surface area contributed by atoms with Gasteiger partial charge in [0.1, 0.15) is 0 Å². The zero-order valence-electron chi connectivity index (χ0n) is 11.9. The van der Waals surface area contributed by atoms with Gasteiger partial charge in [0.25, 0.3) is 0 Å². The second-order valence-electron chi connectivity index (χ2n) is 5.26. The van der Waals surface area contributed by atoms with Crippen molar-refractivity contribution in [1.82, 2.24) is 14.9 Å². The van der Waals surface area contributed by atoms with E-state index in [9.17, 15) is 0 Å². The second-order valence-corrected chi connectivity index (χ2v) is 5.26. The molecule has 1 fully saturated rings. The van der Waals surface area contributed by atoms with E-state index in [2.05, 4.69) is 35.0 Å². The summed E-state index contributed by atoms with van der Waals surface area (Å²) < 4.78 is 2.42. The highest BCUT2D eigenvalue weighted by Gasteiger charge is 2.22. The number of nitrogens with zero attached hydrogens (tertiary/aromatic N) is 3. The molecule has 0 amide bonds. The van der Waals surface area contributed by atoms with Gasteiger partial charge in [-0.05, 0) is 26.3 Å². The molecule has 102 valence electrons. The van der Waals surface area contributed by atoms with Gasteiger partial charge in [0.2, 0.25) is 5.95 Å². The molecule has 1 aliphatic rings. The first kappa shape index (κ1) is 13.4. The van der Waals surface area contributed by atoms with Crippen LogP contribution in [0.2, 0.25) is 0 Å². The summed E-state index contributed by atoms with van der Waals surface area (Å²) in [5, 5.41) is 3.20. The topological polar surface area (TPSA) is 33.1 Å². The summed E-state index contributed by atoms with van der Waals surface area (Å²) in [5.41, 5.74) is 1.22. The van der Waals surface area contributed by atoms with Crippen LogP contribution in [-0.4, -0.2) is 36.7 Å². The van der Waals surface area contributed by atoms with Crippen molar-refractivity contribution >= 4 is 5.95 Å². The number of hydrogen-bond acceptors (Lipinski definition) is 3. The molecular formula is C14H26N4. The van der Waals surface area contributed by atoms with Crippen LogP contribution >= 0.6 is 0 Å². The lowest BCUT2D eigenvalue weighted by Crippen LogP contribution is -2.29. The summed E-state index contributed by atoms with van der Waals surface area (Å²) in [6.07, 6.45) is 8.64. The maximum atomic E-state index is 4.79. The lowest BCUT2D eigenvalue weighted by Gasteiger charge is -2.22.